The van der Waals surface area contributed by atoms with Crippen molar-refractivity contribution >= 4 is 12.0 Å². The number of amides is 1. The average Bonchev–Trinajstić information content (AvgIpc) is 3.02. The number of hydrogen-bond acceptors (Lipinski definition) is 3. The minimum absolute atomic E-state index is 0.0881. The van der Waals surface area contributed by atoms with Gasteiger partial charge in [0.1, 0.15) is 11.9 Å². The molecule has 0 spiro atoms. The van der Waals surface area contributed by atoms with Crippen molar-refractivity contribution in [2.75, 3.05) is 13.1 Å². The van der Waals surface area contributed by atoms with Crippen LogP contribution in [0.1, 0.15) is 57.9 Å². The minimum Gasteiger partial charge on any atom is -0.487 e. The van der Waals surface area contributed by atoms with Gasteiger partial charge < -0.3 is 9.64 Å². The fourth-order valence-electron chi connectivity index (χ4n) is 3.32. The lowest BCUT2D eigenvalue weighted by Gasteiger charge is -2.29. The number of rotatable bonds is 7. The number of allylic oxidation sites excluding steroid dienone is 1. The normalized spacial score (nSPS) is 22.2. The summed E-state index contributed by atoms with van der Waals surface area (Å²) >= 11 is 0. The van der Waals surface area contributed by atoms with Crippen molar-refractivity contribution in [1.29, 1.82) is 0 Å². The molecule has 1 amide bonds. The van der Waals surface area contributed by atoms with Crippen LogP contribution in [-0.2, 0) is 4.79 Å². The monoisotopic (exact) mass is 342 g/mol. The summed E-state index contributed by atoms with van der Waals surface area (Å²) in [6.45, 7) is 6.01. The van der Waals surface area contributed by atoms with Gasteiger partial charge in [-0.25, -0.2) is 0 Å². The quantitative estimate of drug-likeness (QED) is 0.741. The smallest absolute Gasteiger partial charge is 0.225 e. The van der Waals surface area contributed by atoms with Crippen LogP contribution in [0.3, 0.4) is 0 Å². The molecule has 4 heteroatoms. The lowest BCUT2D eigenvalue weighted by atomic mass is 9.84. The summed E-state index contributed by atoms with van der Waals surface area (Å²) in [5, 5.41) is 0. The maximum atomic E-state index is 12.3. The molecule has 2 aliphatic rings. The number of carbonyl (C=O) groups excluding carboxylic acids is 1. The van der Waals surface area contributed by atoms with Crippen molar-refractivity contribution in [2.45, 2.75) is 58.5 Å². The van der Waals surface area contributed by atoms with Gasteiger partial charge in [0.25, 0.3) is 0 Å². The van der Waals surface area contributed by atoms with Gasteiger partial charge in [-0.05, 0) is 36.8 Å². The molecule has 0 N–H and O–H groups in total. The molecule has 1 aromatic heterocycles. The highest BCUT2D eigenvalue weighted by Gasteiger charge is 2.34. The third-order valence-electron chi connectivity index (χ3n) is 5.49. The van der Waals surface area contributed by atoms with Crippen LogP contribution in [0.2, 0.25) is 0 Å². The van der Waals surface area contributed by atoms with E-state index in [0.29, 0.717) is 18.4 Å². The minimum atomic E-state index is 0.0881. The van der Waals surface area contributed by atoms with E-state index in [1.54, 1.807) is 6.20 Å². The van der Waals surface area contributed by atoms with Gasteiger partial charge >= 0.3 is 0 Å². The van der Waals surface area contributed by atoms with E-state index in [4.69, 9.17) is 4.74 Å². The summed E-state index contributed by atoms with van der Waals surface area (Å²) < 4.78 is 6.09. The first-order valence-corrected chi connectivity index (χ1v) is 9.72. The predicted molar refractivity (Wildman–Crippen MR) is 100 cm³/mol. The second kappa shape index (κ2) is 8.50. The van der Waals surface area contributed by atoms with Crippen molar-refractivity contribution in [3.05, 3.63) is 30.1 Å². The average molecular weight is 342 g/mol. The molecule has 0 unspecified atom stereocenters. The molecule has 0 bridgehead atoms. The predicted octanol–water partition coefficient (Wildman–Crippen LogP) is 4.31. The second-order valence-electron chi connectivity index (χ2n) is 7.55. The van der Waals surface area contributed by atoms with Gasteiger partial charge in [0.05, 0.1) is 12.7 Å². The van der Waals surface area contributed by atoms with Crippen LogP contribution in [0.25, 0.3) is 6.08 Å². The summed E-state index contributed by atoms with van der Waals surface area (Å²) in [4.78, 5) is 18.6. The lowest BCUT2D eigenvalue weighted by molar-refractivity contribution is -0.137. The topological polar surface area (TPSA) is 42.4 Å². The second-order valence-corrected chi connectivity index (χ2v) is 7.55. The molecule has 1 saturated heterocycles. The van der Waals surface area contributed by atoms with Gasteiger partial charge in [-0.15, -0.1) is 0 Å². The number of aromatic nitrogens is 1. The molecule has 1 aromatic rings. The third-order valence-corrected chi connectivity index (χ3v) is 5.49. The first-order chi connectivity index (χ1) is 12.2. The van der Waals surface area contributed by atoms with Crippen molar-refractivity contribution in [1.82, 2.24) is 9.88 Å². The van der Waals surface area contributed by atoms with E-state index in [9.17, 15) is 4.79 Å². The fraction of sp³-hybridized carbons (Fsp3) is 0.619. The van der Waals surface area contributed by atoms with Crippen molar-refractivity contribution in [2.24, 2.45) is 11.8 Å². The molecule has 1 aliphatic heterocycles. The Bertz CT molecular complexity index is 610. The summed E-state index contributed by atoms with van der Waals surface area (Å²) in [5.74, 6) is 2.12. The molecule has 3 rings (SSSR count). The van der Waals surface area contributed by atoms with Crippen LogP contribution in [0.5, 0.6) is 5.75 Å². The Morgan fingerprint density at radius 2 is 2.24 bits per heavy atom. The molecular weight excluding hydrogens is 312 g/mol. The highest BCUT2D eigenvalue weighted by Crippen LogP contribution is 2.30. The van der Waals surface area contributed by atoms with Crippen molar-refractivity contribution in [3.63, 3.8) is 0 Å². The Hall–Kier alpha value is -1.84. The Morgan fingerprint density at radius 1 is 1.40 bits per heavy atom. The van der Waals surface area contributed by atoms with Gasteiger partial charge in [0.15, 0.2) is 0 Å². The van der Waals surface area contributed by atoms with Crippen molar-refractivity contribution < 1.29 is 9.53 Å². The summed E-state index contributed by atoms with van der Waals surface area (Å²) in [6.07, 6.45) is 14.6. The first-order valence-electron chi connectivity index (χ1n) is 9.72. The number of carbonyl (C=O) groups is 1. The molecule has 2 heterocycles. The van der Waals surface area contributed by atoms with Gasteiger partial charge in [0.2, 0.25) is 5.91 Å². The SMILES string of the molecule is CC[C@@H](C)C/C=C/c1cncc(O[C@H]2CCN(C(=O)C3CCC3)C2)c1. The largest absolute Gasteiger partial charge is 0.487 e. The molecule has 25 heavy (non-hydrogen) atoms. The van der Waals surface area contributed by atoms with E-state index in [0.717, 1.165) is 43.5 Å². The van der Waals surface area contributed by atoms with Crippen LogP contribution in [0, 0.1) is 11.8 Å². The molecule has 0 aromatic carbocycles. The number of ether oxygens (including phenoxy) is 1. The molecule has 1 aliphatic carbocycles. The maximum Gasteiger partial charge on any atom is 0.225 e. The summed E-state index contributed by atoms with van der Waals surface area (Å²) in [5.41, 5.74) is 1.07. The van der Waals surface area contributed by atoms with E-state index in [2.05, 4.69) is 31.0 Å². The Balaban J connectivity index is 1.51. The van der Waals surface area contributed by atoms with Crippen LogP contribution >= 0.6 is 0 Å². The van der Waals surface area contributed by atoms with Gasteiger partial charge in [0, 0.05) is 25.1 Å². The maximum absolute atomic E-state index is 12.3. The van der Waals surface area contributed by atoms with E-state index in [1.807, 2.05) is 17.2 Å². The number of hydrogen-bond donors (Lipinski definition) is 0. The zero-order valence-electron chi connectivity index (χ0n) is 15.5. The molecular formula is C21H30N2O2. The number of nitrogens with zero attached hydrogens (tertiary/aromatic N) is 2. The zero-order valence-corrected chi connectivity index (χ0v) is 15.5. The molecule has 0 radical (unpaired) electrons. The van der Waals surface area contributed by atoms with Crippen LogP contribution in [-0.4, -0.2) is 35.0 Å². The highest BCUT2D eigenvalue weighted by atomic mass is 16.5. The van der Waals surface area contributed by atoms with E-state index >= 15 is 0 Å². The van der Waals surface area contributed by atoms with E-state index < -0.39 is 0 Å². The van der Waals surface area contributed by atoms with E-state index in [1.165, 1.54) is 12.8 Å². The van der Waals surface area contributed by atoms with E-state index in [-0.39, 0.29) is 12.0 Å². The number of likely N-dealkylation sites (tertiary alicyclic amines) is 1. The fourth-order valence-corrected chi connectivity index (χ4v) is 3.32. The van der Waals surface area contributed by atoms with Crippen LogP contribution in [0.4, 0.5) is 0 Å². The highest BCUT2D eigenvalue weighted by molar-refractivity contribution is 5.79. The number of pyridine rings is 1. The molecule has 1 saturated carbocycles. The molecule has 2 atom stereocenters. The Labute approximate surface area is 151 Å². The molecule has 136 valence electrons. The third kappa shape index (κ3) is 4.83. The van der Waals surface area contributed by atoms with Crippen LogP contribution in [0.15, 0.2) is 24.5 Å². The van der Waals surface area contributed by atoms with Crippen LogP contribution < -0.4 is 4.74 Å². The Kier molecular flexibility index (Phi) is 6.11. The standard InChI is InChI=1S/C21H30N2O2/c1-3-16(2)6-4-7-17-12-20(14-22-13-17)25-19-10-11-23(15-19)21(24)18-8-5-9-18/h4,7,12-14,16,18-19H,3,5-6,8-11,15H2,1-2H3/b7-4+/t16-,19+/m1/s1. The summed E-state index contributed by atoms with van der Waals surface area (Å²) in [6, 6.07) is 2.04. The summed E-state index contributed by atoms with van der Waals surface area (Å²) in [7, 11) is 0. The lowest BCUT2D eigenvalue weighted by Crippen LogP contribution is -2.38. The van der Waals surface area contributed by atoms with Crippen molar-refractivity contribution in [3.8, 4) is 5.75 Å². The first kappa shape index (κ1) is 18.0. The van der Waals surface area contributed by atoms with Gasteiger partial charge in [-0.2, -0.15) is 0 Å². The van der Waals surface area contributed by atoms with Gasteiger partial charge in [-0.3, -0.25) is 9.78 Å². The molecule has 2 fully saturated rings. The Morgan fingerprint density at radius 3 is 2.96 bits per heavy atom. The zero-order chi connectivity index (χ0) is 17.6. The van der Waals surface area contributed by atoms with Gasteiger partial charge in [-0.1, -0.05) is 38.8 Å². The molecule has 4 nitrogen and oxygen atoms in total.